The number of allylic oxidation sites excluding steroid dienone is 4. The van der Waals surface area contributed by atoms with E-state index in [9.17, 15) is 0 Å². The zero-order valence-electron chi connectivity index (χ0n) is 24.2. The van der Waals surface area contributed by atoms with Crippen molar-refractivity contribution < 1.29 is 0 Å². The quantitative estimate of drug-likeness (QED) is 0.202. The van der Waals surface area contributed by atoms with E-state index in [1.807, 2.05) is 0 Å². The number of aryl methyl sites for hydroxylation is 2. The van der Waals surface area contributed by atoms with Gasteiger partial charge < -0.3 is 4.90 Å². The van der Waals surface area contributed by atoms with Gasteiger partial charge >= 0.3 is 0 Å². The summed E-state index contributed by atoms with van der Waals surface area (Å²) >= 11 is 0. The Morgan fingerprint density at radius 3 is 1.78 bits per heavy atom. The lowest BCUT2D eigenvalue weighted by Gasteiger charge is -2.34. The highest BCUT2D eigenvalue weighted by molar-refractivity contribution is 5.78. The van der Waals surface area contributed by atoms with Crippen LogP contribution in [0.1, 0.15) is 42.0 Å². The third-order valence-electron chi connectivity index (χ3n) is 8.36. The molecule has 202 valence electrons. The van der Waals surface area contributed by atoms with E-state index in [1.54, 1.807) is 0 Å². The maximum Gasteiger partial charge on any atom is 0.0464 e. The van der Waals surface area contributed by atoms with Crippen molar-refractivity contribution in [2.24, 2.45) is 0 Å². The lowest BCUT2D eigenvalue weighted by atomic mass is 9.69. The molecule has 41 heavy (non-hydrogen) atoms. The van der Waals surface area contributed by atoms with Crippen LogP contribution in [-0.4, -0.2) is 0 Å². The first-order chi connectivity index (χ1) is 20.0. The van der Waals surface area contributed by atoms with Crippen LogP contribution in [0.2, 0.25) is 0 Å². The second-order valence-electron chi connectivity index (χ2n) is 11.3. The molecule has 1 aliphatic rings. The smallest absolute Gasteiger partial charge is 0.0464 e. The molecule has 0 amide bonds. The molecule has 0 aliphatic heterocycles. The van der Waals surface area contributed by atoms with E-state index in [-0.39, 0.29) is 5.41 Å². The minimum atomic E-state index is -0.199. The highest BCUT2D eigenvalue weighted by Crippen LogP contribution is 2.42. The molecule has 0 saturated heterocycles. The van der Waals surface area contributed by atoms with Gasteiger partial charge in [0.05, 0.1) is 0 Å². The van der Waals surface area contributed by atoms with Crippen molar-refractivity contribution in [2.75, 3.05) is 4.90 Å². The normalized spacial score (nSPS) is 14.3. The van der Waals surface area contributed by atoms with E-state index < -0.39 is 0 Å². The predicted octanol–water partition coefficient (Wildman–Crippen LogP) is 11.0. The molecule has 0 spiro atoms. The average molecular weight is 532 g/mol. The van der Waals surface area contributed by atoms with Gasteiger partial charge in [-0.1, -0.05) is 115 Å². The van der Waals surface area contributed by atoms with Crippen LogP contribution in [0.25, 0.3) is 11.1 Å². The molecule has 1 heteroatoms. The van der Waals surface area contributed by atoms with E-state index >= 15 is 0 Å². The summed E-state index contributed by atoms with van der Waals surface area (Å²) in [5.74, 6) is 0. The SMILES string of the molecule is Cc1cccc(N(c2ccccc2)c2ccc(-c3ccc([C@](C)(C4=CCCC=C4)c4cccc(C)c4)cc3)cc2)c1. The molecule has 0 aromatic heterocycles. The molecule has 0 N–H and O–H groups in total. The van der Waals surface area contributed by atoms with E-state index in [2.05, 4.69) is 171 Å². The first kappa shape index (κ1) is 26.6. The first-order valence-electron chi connectivity index (χ1n) is 14.6. The second kappa shape index (κ2) is 11.5. The molecule has 0 bridgehead atoms. The molecule has 5 aromatic carbocycles. The van der Waals surface area contributed by atoms with Gasteiger partial charge in [0.15, 0.2) is 0 Å². The van der Waals surface area contributed by atoms with Crippen LogP contribution in [-0.2, 0) is 5.41 Å². The van der Waals surface area contributed by atoms with Crippen LogP contribution in [0.3, 0.4) is 0 Å². The molecule has 0 heterocycles. The minimum Gasteiger partial charge on any atom is -0.310 e. The van der Waals surface area contributed by atoms with Gasteiger partial charge in [-0.25, -0.2) is 0 Å². The average Bonchev–Trinajstić information content (AvgIpc) is 3.02. The Balaban J connectivity index is 1.34. The molecule has 5 aromatic rings. The molecular formula is C40H37N. The molecule has 0 unspecified atom stereocenters. The topological polar surface area (TPSA) is 3.24 Å². The van der Waals surface area contributed by atoms with Gasteiger partial charge in [0.1, 0.15) is 0 Å². The van der Waals surface area contributed by atoms with Crippen molar-refractivity contribution in [1.29, 1.82) is 0 Å². The van der Waals surface area contributed by atoms with Gasteiger partial charge in [-0.05, 0) is 103 Å². The maximum atomic E-state index is 2.42. The van der Waals surface area contributed by atoms with Crippen LogP contribution >= 0.6 is 0 Å². The van der Waals surface area contributed by atoms with Crippen LogP contribution in [0.5, 0.6) is 0 Å². The van der Waals surface area contributed by atoms with E-state index in [0.717, 1.165) is 29.9 Å². The lowest BCUT2D eigenvalue weighted by molar-refractivity contribution is 0.680. The largest absolute Gasteiger partial charge is 0.310 e. The van der Waals surface area contributed by atoms with Crippen molar-refractivity contribution in [3.63, 3.8) is 0 Å². The van der Waals surface area contributed by atoms with Crippen LogP contribution in [0.4, 0.5) is 17.1 Å². The molecule has 0 fully saturated rings. The van der Waals surface area contributed by atoms with Gasteiger partial charge in [0.25, 0.3) is 0 Å². The number of hydrogen-bond acceptors (Lipinski definition) is 1. The number of para-hydroxylation sites is 1. The fourth-order valence-electron chi connectivity index (χ4n) is 6.03. The van der Waals surface area contributed by atoms with Gasteiger partial charge in [-0.2, -0.15) is 0 Å². The molecule has 6 rings (SSSR count). The molecule has 0 radical (unpaired) electrons. The van der Waals surface area contributed by atoms with Crippen LogP contribution < -0.4 is 4.90 Å². The third kappa shape index (κ3) is 5.41. The molecule has 1 aliphatic carbocycles. The predicted molar refractivity (Wildman–Crippen MR) is 175 cm³/mol. The Morgan fingerprint density at radius 2 is 1.15 bits per heavy atom. The summed E-state index contributed by atoms with van der Waals surface area (Å²) in [5.41, 5.74) is 12.3. The molecule has 1 atom stereocenters. The second-order valence-corrected chi connectivity index (χ2v) is 11.3. The number of nitrogens with zero attached hydrogens (tertiary/aromatic N) is 1. The van der Waals surface area contributed by atoms with Crippen molar-refractivity contribution in [1.82, 2.24) is 0 Å². The maximum absolute atomic E-state index is 2.42. The zero-order chi connectivity index (χ0) is 28.2. The van der Waals surface area contributed by atoms with E-state index in [4.69, 9.17) is 0 Å². The Bertz CT molecular complexity index is 1690. The standard InChI is InChI=1S/C40H37N/c1-30-12-10-16-36(28-30)40(3,34-14-6-4-7-15-34)35-24-20-32(21-25-35)33-22-26-38(27-23-33)41(37-17-8-5-9-18-37)39-19-11-13-31(2)29-39/h5-6,8-29H,4,7H2,1-3H3/t40-/m0/s1. The fraction of sp³-hybridized carbons (Fsp3) is 0.150. The summed E-state index contributed by atoms with van der Waals surface area (Å²) in [6, 6.07) is 46.4. The summed E-state index contributed by atoms with van der Waals surface area (Å²) in [6.07, 6.45) is 9.27. The Labute approximate surface area is 245 Å². The van der Waals surface area contributed by atoms with Crippen molar-refractivity contribution in [2.45, 2.75) is 39.0 Å². The third-order valence-corrected chi connectivity index (χ3v) is 8.36. The van der Waals surface area contributed by atoms with Crippen molar-refractivity contribution in [3.05, 3.63) is 173 Å². The van der Waals surface area contributed by atoms with E-state index in [1.165, 1.54) is 39.0 Å². The molecular weight excluding hydrogens is 494 g/mol. The minimum absolute atomic E-state index is 0.199. The van der Waals surface area contributed by atoms with E-state index in [0.29, 0.717) is 0 Å². The van der Waals surface area contributed by atoms with Gasteiger partial charge in [-0.3, -0.25) is 0 Å². The van der Waals surface area contributed by atoms with Crippen LogP contribution in [0.15, 0.2) is 151 Å². The molecule has 0 saturated carbocycles. The van der Waals surface area contributed by atoms with Gasteiger partial charge in [0.2, 0.25) is 0 Å². The highest BCUT2D eigenvalue weighted by Gasteiger charge is 2.32. The number of hydrogen-bond donors (Lipinski definition) is 0. The van der Waals surface area contributed by atoms with Crippen molar-refractivity contribution >= 4 is 17.1 Å². The number of benzene rings is 5. The zero-order valence-corrected chi connectivity index (χ0v) is 24.2. The monoisotopic (exact) mass is 531 g/mol. The summed E-state index contributed by atoms with van der Waals surface area (Å²) < 4.78 is 0. The van der Waals surface area contributed by atoms with Gasteiger partial charge in [0, 0.05) is 22.5 Å². The fourth-order valence-corrected chi connectivity index (χ4v) is 6.03. The van der Waals surface area contributed by atoms with Crippen molar-refractivity contribution in [3.8, 4) is 11.1 Å². The Hall–Kier alpha value is -4.62. The first-order valence-corrected chi connectivity index (χ1v) is 14.6. The number of rotatable bonds is 7. The number of anilines is 3. The Morgan fingerprint density at radius 1 is 0.537 bits per heavy atom. The van der Waals surface area contributed by atoms with Crippen LogP contribution in [0, 0.1) is 13.8 Å². The summed E-state index contributed by atoms with van der Waals surface area (Å²) in [5, 5.41) is 0. The summed E-state index contributed by atoms with van der Waals surface area (Å²) in [7, 11) is 0. The summed E-state index contributed by atoms with van der Waals surface area (Å²) in [4.78, 5) is 2.32. The Kier molecular flexibility index (Phi) is 7.44. The van der Waals surface area contributed by atoms with Gasteiger partial charge in [-0.15, -0.1) is 0 Å². The lowest BCUT2D eigenvalue weighted by Crippen LogP contribution is -2.26. The summed E-state index contributed by atoms with van der Waals surface area (Å²) in [6.45, 7) is 6.70. The highest BCUT2D eigenvalue weighted by atomic mass is 15.1. The molecule has 1 nitrogen and oxygen atoms in total.